The number of carbonyl (C=O) groups is 1. The molecule has 0 saturated heterocycles. The summed E-state index contributed by atoms with van der Waals surface area (Å²) < 4.78 is 11.1. The van der Waals surface area contributed by atoms with Gasteiger partial charge in [-0.1, -0.05) is 42.5 Å². The topological polar surface area (TPSA) is 59.9 Å². The number of hydrazone groups is 1. The van der Waals surface area contributed by atoms with Gasteiger partial charge in [0, 0.05) is 6.21 Å². The van der Waals surface area contributed by atoms with Gasteiger partial charge in [0.2, 0.25) is 6.10 Å². The maximum absolute atomic E-state index is 12.0. The molecule has 1 N–H and O–H groups in total. The van der Waals surface area contributed by atoms with Crippen LogP contribution in [0.1, 0.15) is 12.0 Å². The molecule has 0 unspecified atom stereocenters. The second kappa shape index (κ2) is 7.45. The summed E-state index contributed by atoms with van der Waals surface area (Å²) in [7, 11) is 0. The van der Waals surface area contributed by atoms with E-state index in [2.05, 4.69) is 22.7 Å². The maximum Gasteiger partial charge on any atom is 0.284 e. The third-order valence-corrected chi connectivity index (χ3v) is 3.47. The van der Waals surface area contributed by atoms with Gasteiger partial charge in [-0.3, -0.25) is 4.79 Å². The summed E-state index contributed by atoms with van der Waals surface area (Å²) in [5.41, 5.74) is 3.74. The standard InChI is InChI=1S/C18H18N2O3/c21-18(17-13-22-15-10-4-5-11-16(15)23-17)20-19-12-6-9-14-7-2-1-3-8-14/h1-5,7-8,10-12,17H,6,9,13H2,(H,20,21)/b19-12-/t17-/m1/s1. The highest BCUT2D eigenvalue weighted by molar-refractivity contribution is 5.82. The molecule has 1 heterocycles. The van der Waals surface area contributed by atoms with Gasteiger partial charge in [-0.2, -0.15) is 5.10 Å². The number of fused-ring (bicyclic) bond motifs is 1. The van der Waals surface area contributed by atoms with Crippen molar-refractivity contribution in [3.8, 4) is 11.5 Å². The van der Waals surface area contributed by atoms with Gasteiger partial charge in [0.05, 0.1) is 0 Å². The normalized spacial score (nSPS) is 16.3. The van der Waals surface area contributed by atoms with Gasteiger partial charge >= 0.3 is 0 Å². The van der Waals surface area contributed by atoms with Crippen LogP contribution >= 0.6 is 0 Å². The van der Waals surface area contributed by atoms with Crippen molar-refractivity contribution >= 4 is 12.1 Å². The van der Waals surface area contributed by atoms with Crippen LogP contribution in [0.3, 0.4) is 0 Å². The molecule has 0 aromatic heterocycles. The van der Waals surface area contributed by atoms with E-state index in [0.29, 0.717) is 11.5 Å². The summed E-state index contributed by atoms with van der Waals surface area (Å²) in [5.74, 6) is 0.922. The van der Waals surface area contributed by atoms with E-state index in [9.17, 15) is 4.79 Å². The number of ether oxygens (including phenoxy) is 2. The fourth-order valence-electron chi connectivity index (χ4n) is 2.27. The van der Waals surface area contributed by atoms with Crippen LogP contribution in [-0.2, 0) is 11.2 Å². The molecule has 5 heteroatoms. The lowest BCUT2D eigenvalue weighted by atomic mass is 10.1. The number of hydrogen-bond donors (Lipinski definition) is 1. The van der Waals surface area contributed by atoms with Crippen molar-refractivity contribution in [3.05, 3.63) is 60.2 Å². The number of amides is 1. The first-order valence-corrected chi connectivity index (χ1v) is 7.57. The van der Waals surface area contributed by atoms with Crippen molar-refractivity contribution in [1.29, 1.82) is 0 Å². The van der Waals surface area contributed by atoms with Gasteiger partial charge < -0.3 is 9.47 Å². The quantitative estimate of drug-likeness (QED) is 0.682. The van der Waals surface area contributed by atoms with Crippen LogP contribution in [0.5, 0.6) is 11.5 Å². The van der Waals surface area contributed by atoms with Gasteiger partial charge in [0.1, 0.15) is 6.61 Å². The molecule has 0 aliphatic carbocycles. The van der Waals surface area contributed by atoms with Crippen molar-refractivity contribution in [1.82, 2.24) is 5.43 Å². The fraction of sp³-hybridized carbons (Fsp3) is 0.222. The largest absolute Gasteiger partial charge is 0.485 e. The highest BCUT2D eigenvalue weighted by Crippen LogP contribution is 2.30. The molecule has 2 aromatic carbocycles. The molecule has 5 nitrogen and oxygen atoms in total. The zero-order valence-electron chi connectivity index (χ0n) is 12.6. The first-order chi connectivity index (χ1) is 11.3. The lowest BCUT2D eigenvalue weighted by molar-refractivity contribution is -0.130. The maximum atomic E-state index is 12.0. The Morgan fingerprint density at radius 3 is 2.70 bits per heavy atom. The van der Waals surface area contributed by atoms with Gasteiger partial charge in [-0.05, 0) is 30.5 Å². The minimum Gasteiger partial charge on any atom is -0.485 e. The molecule has 0 saturated carbocycles. The SMILES string of the molecule is O=C(N/N=C\CCc1ccccc1)[C@H]1COc2ccccc2O1. The van der Waals surface area contributed by atoms with E-state index >= 15 is 0 Å². The van der Waals surface area contributed by atoms with Crippen molar-refractivity contribution in [2.24, 2.45) is 5.10 Å². The third-order valence-electron chi connectivity index (χ3n) is 3.47. The van der Waals surface area contributed by atoms with E-state index in [1.807, 2.05) is 36.4 Å². The molecule has 0 bridgehead atoms. The number of para-hydroxylation sites is 2. The molecule has 0 radical (unpaired) electrons. The first-order valence-electron chi connectivity index (χ1n) is 7.57. The number of rotatable bonds is 5. The predicted octanol–water partition coefficient (Wildman–Crippen LogP) is 2.56. The minimum atomic E-state index is -0.684. The van der Waals surface area contributed by atoms with Crippen molar-refractivity contribution < 1.29 is 14.3 Å². The molecule has 1 amide bonds. The molecule has 118 valence electrons. The number of benzene rings is 2. The Morgan fingerprint density at radius 2 is 1.87 bits per heavy atom. The zero-order valence-corrected chi connectivity index (χ0v) is 12.6. The number of carbonyl (C=O) groups excluding carboxylic acids is 1. The Bertz CT molecular complexity index is 686. The summed E-state index contributed by atoms with van der Waals surface area (Å²) in [6.45, 7) is 0.183. The van der Waals surface area contributed by atoms with E-state index in [4.69, 9.17) is 9.47 Å². The van der Waals surface area contributed by atoms with E-state index in [1.54, 1.807) is 12.3 Å². The second-order valence-corrected chi connectivity index (χ2v) is 5.18. The van der Waals surface area contributed by atoms with Gasteiger partial charge in [0.25, 0.3) is 5.91 Å². The van der Waals surface area contributed by atoms with Crippen molar-refractivity contribution in [2.75, 3.05) is 6.61 Å². The molecule has 0 spiro atoms. The van der Waals surface area contributed by atoms with E-state index in [0.717, 1.165) is 12.8 Å². The lowest BCUT2D eigenvalue weighted by Gasteiger charge is -2.24. The molecule has 3 rings (SSSR count). The first kappa shape index (κ1) is 15.1. The van der Waals surface area contributed by atoms with Gasteiger partial charge in [0.15, 0.2) is 11.5 Å². The Balaban J connectivity index is 1.44. The molecule has 1 aliphatic heterocycles. The average Bonchev–Trinajstić information content (AvgIpc) is 2.61. The van der Waals surface area contributed by atoms with Gasteiger partial charge in [-0.25, -0.2) is 5.43 Å². The second-order valence-electron chi connectivity index (χ2n) is 5.18. The molecule has 0 fully saturated rings. The number of nitrogens with zero attached hydrogens (tertiary/aromatic N) is 1. The molecule has 1 aliphatic rings. The molecular weight excluding hydrogens is 292 g/mol. The minimum absolute atomic E-state index is 0.183. The highest BCUT2D eigenvalue weighted by atomic mass is 16.6. The smallest absolute Gasteiger partial charge is 0.284 e. The van der Waals surface area contributed by atoms with E-state index in [-0.39, 0.29) is 12.5 Å². The summed E-state index contributed by atoms with van der Waals surface area (Å²) in [6, 6.07) is 17.4. The van der Waals surface area contributed by atoms with Crippen LogP contribution in [0.4, 0.5) is 0 Å². The molecule has 23 heavy (non-hydrogen) atoms. The van der Waals surface area contributed by atoms with Crippen LogP contribution in [0.15, 0.2) is 59.7 Å². The van der Waals surface area contributed by atoms with E-state index < -0.39 is 6.10 Å². The Labute approximate surface area is 134 Å². The lowest BCUT2D eigenvalue weighted by Crippen LogP contribution is -2.42. The fourth-order valence-corrected chi connectivity index (χ4v) is 2.27. The van der Waals surface area contributed by atoms with Crippen LogP contribution < -0.4 is 14.9 Å². The summed E-state index contributed by atoms with van der Waals surface area (Å²) >= 11 is 0. The average molecular weight is 310 g/mol. The Morgan fingerprint density at radius 1 is 1.13 bits per heavy atom. The molecular formula is C18H18N2O3. The third kappa shape index (κ3) is 4.10. The van der Waals surface area contributed by atoms with Crippen molar-refractivity contribution in [3.63, 3.8) is 0 Å². The van der Waals surface area contributed by atoms with Gasteiger partial charge in [-0.15, -0.1) is 0 Å². The van der Waals surface area contributed by atoms with Crippen LogP contribution in [-0.4, -0.2) is 24.8 Å². The van der Waals surface area contributed by atoms with E-state index in [1.165, 1.54) is 5.56 Å². The van der Waals surface area contributed by atoms with Crippen LogP contribution in [0, 0.1) is 0 Å². The van der Waals surface area contributed by atoms with Crippen LogP contribution in [0.2, 0.25) is 0 Å². The molecule has 2 aromatic rings. The summed E-state index contributed by atoms with van der Waals surface area (Å²) in [4.78, 5) is 12.0. The molecule has 1 atom stereocenters. The summed E-state index contributed by atoms with van der Waals surface area (Å²) in [6.07, 6.45) is 2.66. The predicted molar refractivity (Wildman–Crippen MR) is 87.8 cm³/mol. The zero-order chi connectivity index (χ0) is 15.9. The Hall–Kier alpha value is -2.82. The summed E-state index contributed by atoms with van der Waals surface area (Å²) in [5, 5.41) is 3.96. The number of aryl methyl sites for hydroxylation is 1. The monoisotopic (exact) mass is 310 g/mol. The number of hydrogen-bond acceptors (Lipinski definition) is 4. The Kier molecular flexibility index (Phi) is 4.88. The number of nitrogens with one attached hydrogen (secondary N) is 1. The highest BCUT2D eigenvalue weighted by Gasteiger charge is 2.26. The van der Waals surface area contributed by atoms with Crippen molar-refractivity contribution in [2.45, 2.75) is 18.9 Å². The van der Waals surface area contributed by atoms with Crippen LogP contribution in [0.25, 0.3) is 0 Å².